The summed E-state index contributed by atoms with van der Waals surface area (Å²) in [5.41, 5.74) is 0. The minimum Gasteiger partial charge on any atom is -0.693 e. The zero-order valence-corrected chi connectivity index (χ0v) is 7.83. The van der Waals surface area contributed by atoms with Crippen molar-refractivity contribution >= 4 is 5.97 Å². The number of hydrogen-bond acceptors (Lipinski definition) is 2. The van der Waals surface area contributed by atoms with Gasteiger partial charge in [-0.05, 0) is 6.92 Å². The van der Waals surface area contributed by atoms with Gasteiger partial charge in [0, 0.05) is 0 Å². The molecule has 0 aromatic carbocycles. The maximum atomic E-state index is 9.77. The molecule has 66 valence electrons. The van der Waals surface area contributed by atoms with Crippen LogP contribution < -0.4 is 0 Å². The summed E-state index contributed by atoms with van der Waals surface area (Å²) in [5.74, 6) is -1.58. The van der Waals surface area contributed by atoms with Crippen LogP contribution in [0.25, 0.3) is 12.3 Å². The minimum atomic E-state index is -0.956. The molecule has 0 aliphatic carbocycles. The fourth-order valence-corrected chi connectivity index (χ4v) is 0.0781. The van der Waals surface area contributed by atoms with E-state index in [1.54, 1.807) is 0 Å². The van der Waals surface area contributed by atoms with Crippen molar-refractivity contribution in [2.45, 2.75) is 6.92 Å². The topological polar surface area (TPSA) is 125 Å². The Labute approximate surface area is 74.2 Å². The number of carbonyl (C=O) groups is 1. The first-order valence-corrected chi connectivity index (χ1v) is 2.02. The van der Waals surface area contributed by atoms with Crippen LogP contribution in [0.5, 0.6) is 0 Å². The van der Waals surface area contributed by atoms with Gasteiger partial charge in [0.1, 0.15) is 0 Å². The van der Waals surface area contributed by atoms with E-state index in [9.17, 15) is 4.79 Å². The maximum Gasteiger partial charge on any atom is 2.00 e. The average molecular weight is 331 g/mol. The first-order valence-electron chi connectivity index (χ1n) is 2.02. The first-order chi connectivity index (χ1) is 3.18. The van der Waals surface area contributed by atoms with Crippen LogP contribution in [0.1, 0.15) is 6.92 Å². The fourth-order valence-electron chi connectivity index (χ4n) is 0.0781. The summed E-state index contributed by atoms with van der Waals surface area (Å²) in [6.45, 7) is 1.16. The Hall–Kier alpha value is 0.0383. The molecular weight excluding hydrogens is 319 g/mol. The molecule has 0 heterocycles. The summed E-state index contributed by atoms with van der Waals surface area (Å²) in [4.78, 5) is 9.77. The SMILES string of the molecule is CC(CO)C(=O)O.[NH2-].[NH2-].[Pt+2]. The number of carboxylic acids is 1. The molecule has 0 saturated carbocycles. The van der Waals surface area contributed by atoms with Gasteiger partial charge in [-0.15, -0.1) is 0 Å². The van der Waals surface area contributed by atoms with Gasteiger partial charge in [-0.2, -0.15) is 0 Å². The number of aliphatic hydroxyl groups is 1. The van der Waals surface area contributed by atoms with Crippen LogP contribution in [-0.4, -0.2) is 22.8 Å². The predicted octanol–water partition coefficient (Wildman–Crippen LogP) is 1.13. The van der Waals surface area contributed by atoms with Crippen molar-refractivity contribution in [2.24, 2.45) is 5.92 Å². The number of rotatable bonds is 2. The molecule has 0 aliphatic rings. The van der Waals surface area contributed by atoms with Crippen LogP contribution in [0.4, 0.5) is 0 Å². The number of hydrogen-bond donors (Lipinski definition) is 2. The van der Waals surface area contributed by atoms with E-state index in [0.717, 1.165) is 0 Å². The van der Waals surface area contributed by atoms with Gasteiger partial charge >= 0.3 is 27.0 Å². The third kappa shape index (κ3) is 10.9. The molecule has 5 nitrogen and oxygen atoms in total. The zero-order valence-electron chi connectivity index (χ0n) is 5.56. The van der Waals surface area contributed by atoms with Crippen molar-refractivity contribution in [1.29, 1.82) is 0 Å². The molecule has 6 heteroatoms. The number of carboxylic acid groups (broad SMARTS) is 1. The molecule has 0 spiro atoms. The molecule has 6 N–H and O–H groups in total. The van der Waals surface area contributed by atoms with E-state index in [0.29, 0.717) is 0 Å². The first kappa shape index (κ1) is 22.5. The summed E-state index contributed by atoms with van der Waals surface area (Å²) in [7, 11) is 0. The van der Waals surface area contributed by atoms with E-state index in [4.69, 9.17) is 10.2 Å². The van der Waals surface area contributed by atoms with Gasteiger partial charge in [0.25, 0.3) is 0 Å². The molecule has 0 bridgehead atoms. The van der Waals surface area contributed by atoms with Crippen molar-refractivity contribution in [1.82, 2.24) is 0 Å². The number of aliphatic carboxylic acids is 1. The van der Waals surface area contributed by atoms with Crippen LogP contribution in [0.2, 0.25) is 0 Å². The van der Waals surface area contributed by atoms with Crippen molar-refractivity contribution in [2.75, 3.05) is 6.61 Å². The Bertz CT molecular complexity index is 80.9. The third-order valence-electron chi connectivity index (χ3n) is 0.695. The van der Waals surface area contributed by atoms with Crippen LogP contribution >= 0.6 is 0 Å². The molecule has 10 heavy (non-hydrogen) atoms. The Morgan fingerprint density at radius 2 is 1.80 bits per heavy atom. The Morgan fingerprint density at radius 3 is 1.80 bits per heavy atom. The third-order valence-corrected chi connectivity index (χ3v) is 0.695. The molecule has 1 atom stereocenters. The molecule has 0 aliphatic heterocycles. The van der Waals surface area contributed by atoms with E-state index in [1.807, 2.05) is 0 Å². The Kier molecular flexibility index (Phi) is 26.5. The van der Waals surface area contributed by atoms with Gasteiger partial charge in [-0.25, -0.2) is 0 Å². The zero-order chi connectivity index (χ0) is 5.86. The fraction of sp³-hybridized carbons (Fsp3) is 0.750. The van der Waals surface area contributed by atoms with E-state index in [1.165, 1.54) is 6.92 Å². The maximum absolute atomic E-state index is 9.77. The summed E-state index contributed by atoms with van der Waals surface area (Å²) >= 11 is 0. The molecule has 0 aromatic rings. The van der Waals surface area contributed by atoms with Crippen LogP contribution in [0.3, 0.4) is 0 Å². The van der Waals surface area contributed by atoms with Gasteiger partial charge < -0.3 is 22.5 Å². The van der Waals surface area contributed by atoms with Crippen molar-refractivity contribution in [3.05, 3.63) is 12.3 Å². The minimum absolute atomic E-state index is 0. The Balaban J connectivity index is -0.0000000600. The normalized spacial score (nSPS) is 9.40. The second-order valence-corrected chi connectivity index (χ2v) is 1.42. The predicted molar refractivity (Wildman–Crippen MR) is 34.5 cm³/mol. The van der Waals surface area contributed by atoms with Crippen molar-refractivity contribution in [3.63, 3.8) is 0 Å². The van der Waals surface area contributed by atoms with Crippen molar-refractivity contribution in [3.8, 4) is 0 Å². The molecule has 0 fully saturated rings. The summed E-state index contributed by atoms with van der Waals surface area (Å²) in [5, 5.41) is 16.1. The monoisotopic (exact) mass is 331 g/mol. The molecule has 0 amide bonds. The summed E-state index contributed by atoms with van der Waals surface area (Å²) in [6, 6.07) is 0. The molecule has 0 aromatic heterocycles. The summed E-state index contributed by atoms with van der Waals surface area (Å²) in [6.07, 6.45) is 0. The molecule has 0 saturated heterocycles. The average Bonchev–Trinajstić information content (AvgIpc) is 1.65. The van der Waals surface area contributed by atoms with E-state index in [2.05, 4.69) is 0 Å². The largest absolute Gasteiger partial charge is 2.00 e. The summed E-state index contributed by atoms with van der Waals surface area (Å²) < 4.78 is 0. The van der Waals surface area contributed by atoms with Crippen LogP contribution in [-0.2, 0) is 25.9 Å². The smallest absolute Gasteiger partial charge is 0.693 e. The molecule has 1 unspecified atom stereocenters. The van der Waals surface area contributed by atoms with Crippen LogP contribution in [0, 0.1) is 5.92 Å². The van der Waals surface area contributed by atoms with Gasteiger partial charge in [0.15, 0.2) is 0 Å². The second-order valence-electron chi connectivity index (χ2n) is 1.42. The molecule has 0 radical (unpaired) electrons. The number of nitrogens with two attached hydrogens (primary N) is 2. The molecule has 0 rings (SSSR count). The van der Waals surface area contributed by atoms with Gasteiger partial charge in [0.05, 0.1) is 12.5 Å². The van der Waals surface area contributed by atoms with E-state index in [-0.39, 0.29) is 40.0 Å². The van der Waals surface area contributed by atoms with E-state index >= 15 is 0 Å². The quantitative estimate of drug-likeness (QED) is 0.788. The van der Waals surface area contributed by atoms with Gasteiger partial charge in [-0.3, -0.25) is 4.79 Å². The van der Waals surface area contributed by atoms with Crippen LogP contribution in [0.15, 0.2) is 0 Å². The van der Waals surface area contributed by atoms with Gasteiger partial charge in [-0.1, -0.05) is 0 Å². The van der Waals surface area contributed by atoms with Gasteiger partial charge in [0.2, 0.25) is 0 Å². The second kappa shape index (κ2) is 11.8. The Morgan fingerprint density at radius 1 is 1.50 bits per heavy atom. The number of aliphatic hydroxyl groups excluding tert-OH is 1. The van der Waals surface area contributed by atoms with E-state index < -0.39 is 11.9 Å². The van der Waals surface area contributed by atoms with Crippen molar-refractivity contribution < 1.29 is 36.1 Å². The standard InChI is InChI=1S/C4H8O3.2H2N.Pt/c1-3(2-5)4(6)7;;;/h3,5H,2H2,1H3,(H,6,7);2*1H2;/q;2*-1;+2. The molecular formula is C4H12N2O3Pt.